The lowest BCUT2D eigenvalue weighted by Crippen LogP contribution is -2.00. The molecule has 0 aliphatic carbocycles. The van der Waals surface area contributed by atoms with Crippen molar-refractivity contribution in [2.24, 2.45) is 7.05 Å². The van der Waals surface area contributed by atoms with Gasteiger partial charge >= 0.3 is 0 Å². The molecule has 4 nitrogen and oxygen atoms in total. The van der Waals surface area contributed by atoms with E-state index in [4.69, 9.17) is 16.7 Å². The van der Waals surface area contributed by atoms with Crippen LogP contribution in [-0.2, 0) is 7.05 Å². The van der Waals surface area contributed by atoms with Gasteiger partial charge in [-0.2, -0.15) is 5.10 Å². The SMILES string of the molecule is Cn1cc(Cl)c(-c2csc(C(=O)CO)c2)n1. The quantitative estimate of drug-likeness (QED) is 0.855. The number of carbonyl (C=O) groups is 1. The maximum absolute atomic E-state index is 11.3. The molecule has 0 aromatic carbocycles. The zero-order valence-electron chi connectivity index (χ0n) is 8.48. The van der Waals surface area contributed by atoms with Crippen molar-refractivity contribution < 1.29 is 9.90 Å². The van der Waals surface area contributed by atoms with E-state index in [1.807, 2.05) is 0 Å². The van der Waals surface area contributed by atoms with Crippen LogP contribution in [0.1, 0.15) is 9.67 Å². The first-order valence-corrected chi connectivity index (χ1v) is 5.79. The van der Waals surface area contributed by atoms with Gasteiger partial charge in [-0.15, -0.1) is 11.3 Å². The highest BCUT2D eigenvalue weighted by Gasteiger charge is 2.13. The molecular weight excluding hydrogens is 248 g/mol. The summed E-state index contributed by atoms with van der Waals surface area (Å²) in [6.45, 7) is -0.476. The number of halogens is 1. The molecule has 0 fully saturated rings. The van der Waals surface area contributed by atoms with Crippen molar-refractivity contribution in [3.8, 4) is 11.3 Å². The van der Waals surface area contributed by atoms with Crippen molar-refractivity contribution in [3.63, 3.8) is 0 Å². The molecule has 1 N–H and O–H groups in total. The highest BCUT2D eigenvalue weighted by Crippen LogP contribution is 2.29. The summed E-state index contributed by atoms with van der Waals surface area (Å²) in [5.74, 6) is -0.289. The Labute approximate surface area is 101 Å². The fourth-order valence-corrected chi connectivity index (χ4v) is 2.45. The topological polar surface area (TPSA) is 55.1 Å². The van der Waals surface area contributed by atoms with E-state index in [0.717, 1.165) is 5.56 Å². The van der Waals surface area contributed by atoms with Crippen LogP contribution in [0.15, 0.2) is 17.6 Å². The summed E-state index contributed by atoms with van der Waals surface area (Å²) in [5, 5.41) is 15.3. The number of Topliss-reactive ketones (excluding diaryl/α,β-unsaturated/α-hetero) is 1. The van der Waals surface area contributed by atoms with Gasteiger partial charge in [0.25, 0.3) is 0 Å². The third kappa shape index (κ3) is 2.02. The number of rotatable bonds is 3. The van der Waals surface area contributed by atoms with E-state index in [0.29, 0.717) is 15.6 Å². The number of ketones is 1. The Bertz CT molecular complexity index is 533. The second-order valence-electron chi connectivity index (χ2n) is 3.28. The lowest BCUT2D eigenvalue weighted by atomic mass is 10.2. The van der Waals surface area contributed by atoms with Gasteiger partial charge in [0.05, 0.1) is 9.90 Å². The molecule has 0 spiro atoms. The zero-order chi connectivity index (χ0) is 11.7. The molecule has 0 radical (unpaired) electrons. The van der Waals surface area contributed by atoms with Crippen LogP contribution in [-0.4, -0.2) is 27.3 Å². The molecule has 0 bridgehead atoms. The van der Waals surface area contributed by atoms with Gasteiger partial charge in [0, 0.05) is 24.2 Å². The molecule has 16 heavy (non-hydrogen) atoms. The Kier molecular flexibility index (Phi) is 3.09. The van der Waals surface area contributed by atoms with E-state index in [2.05, 4.69) is 5.10 Å². The lowest BCUT2D eigenvalue weighted by Gasteiger charge is -1.91. The first-order valence-electron chi connectivity index (χ1n) is 4.54. The number of aliphatic hydroxyl groups is 1. The predicted molar refractivity (Wildman–Crippen MR) is 62.9 cm³/mol. The first-order chi connectivity index (χ1) is 7.61. The lowest BCUT2D eigenvalue weighted by molar-refractivity contribution is 0.0908. The summed E-state index contributed by atoms with van der Waals surface area (Å²) < 4.78 is 1.61. The standard InChI is InChI=1S/C10H9ClN2O2S/c1-13-3-7(11)10(12-13)6-2-9(16-5-6)8(15)4-14/h2-3,5,14H,4H2,1H3. The molecule has 2 rings (SSSR count). The van der Waals surface area contributed by atoms with E-state index in [-0.39, 0.29) is 5.78 Å². The van der Waals surface area contributed by atoms with Gasteiger partial charge in [-0.05, 0) is 6.07 Å². The molecule has 0 saturated heterocycles. The normalized spacial score (nSPS) is 10.7. The minimum Gasteiger partial charge on any atom is -0.388 e. The van der Waals surface area contributed by atoms with Crippen LogP contribution in [0, 0.1) is 0 Å². The summed E-state index contributed by atoms with van der Waals surface area (Å²) >= 11 is 7.27. The zero-order valence-corrected chi connectivity index (χ0v) is 10.0. The molecule has 0 amide bonds. The Balaban J connectivity index is 2.38. The van der Waals surface area contributed by atoms with Gasteiger partial charge in [0.15, 0.2) is 5.78 Å². The second-order valence-corrected chi connectivity index (χ2v) is 4.60. The van der Waals surface area contributed by atoms with Crippen molar-refractivity contribution in [1.82, 2.24) is 9.78 Å². The van der Waals surface area contributed by atoms with Crippen molar-refractivity contribution in [3.05, 3.63) is 27.5 Å². The summed E-state index contributed by atoms with van der Waals surface area (Å²) in [6, 6.07) is 1.69. The minimum atomic E-state index is -0.476. The fourth-order valence-electron chi connectivity index (χ4n) is 1.34. The Morgan fingerprint density at radius 1 is 1.69 bits per heavy atom. The average molecular weight is 257 g/mol. The summed E-state index contributed by atoms with van der Waals surface area (Å²) in [7, 11) is 1.78. The molecule has 6 heteroatoms. The third-order valence-electron chi connectivity index (χ3n) is 2.08. The molecule has 2 aromatic rings. The fraction of sp³-hybridized carbons (Fsp3) is 0.200. The van der Waals surface area contributed by atoms with Crippen LogP contribution < -0.4 is 0 Å². The van der Waals surface area contributed by atoms with E-state index in [9.17, 15) is 4.79 Å². The Hall–Kier alpha value is -1.17. The minimum absolute atomic E-state index is 0.289. The molecule has 0 saturated carbocycles. The number of aryl methyl sites for hydroxylation is 1. The number of carbonyl (C=O) groups excluding carboxylic acids is 1. The predicted octanol–water partition coefficient (Wildman–Crippen LogP) is 1.98. The van der Waals surface area contributed by atoms with Gasteiger partial charge in [-0.1, -0.05) is 11.6 Å². The van der Waals surface area contributed by atoms with Gasteiger partial charge in [0.1, 0.15) is 12.3 Å². The smallest absolute Gasteiger partial charge is 0.198 e. The van der Waals surface area contributed by atoms with Crippen LogP contribution >= 0.6 is 22.9 Å². The molecule has 0 aliphatic heterocycles. The summed E-state index contributed by atoms with van der Waals surface area (Å²) in [4.78, 5) is 11.8. The van der Waals surface area contributed by atoms with Gasteiger partial charge in [0.2, 0.25) is 0 Å². The molecule has 0 unspecified atom stereocenters. The van der Waals surface area contributed by atoms with Crippen LogP contribution in [0.3, 0.4) is 0 Å². The van der Waals surface area contributed by atoms with Crippen LogP contribution in [0.25, 0.3) is 11.3 Å². The largest absolute Gasteiger partial charge is 0.388 e. The number of thiophene rings is 1. The van der Waals surface area contributed by atoms with E-state index < -0.39 is 6.61 Å². The Morgan fingerprint density at radius 3 is 3.00 bits per heavy atom. The van der Waals surface area contributed by atoms with Crippen LogP contribution in [0.2, 0.25) is 5.02 Å². The molecule has 2 heterocycles. The Morgan fingerprint density at radius 2 is 2.44 bits per heavy atom. The number of aromatic nitrogens is 2. The number of hydrogen-bond donors (Lipinski definition) is 1. The molecule has 0 atom stereocenters. The highest BCUT2D eigenvalue weighted by atomic mass is 35.5. The van der Waals surface area contributed by atoms with Gasteiger partial charge in [-0.3, -0.25) is 9.48 Å². The van der Waals surface area contributed by atoms with Crippen molar-refractivity contribution >= 4 is 28.7 Å². The number of hydrogen-bond acceptors (Lipinski definition) is 4. The molecule has 84 valence electrons. The third-order valence-corrected chi connectivity index (χ3v) is 3.32. The maximum Gasteiger partial charge on any atom is 0.198 e. The van der Waals surface area contributed by atoms with Crippen LogP contribution in [0.5, 0.6) is 0 Å². The monoisotopic (exact) mass is 256 g/mol. The van der Waals surface area contributed by atoms with Gasteiger partial charge in [-0.25, -0.2) is 0 Å². The van der Waals surface area contributed by atoms with Gasteiger partial charge < -0.3 is 5.11 Å². The van der Waals surface area contributed by atoms with Crippen LogP contribution in [0.4, 0.5) is 0 Å². The van der Waals surface area contributed by atoms with E-state index in [1.165, 1.54) is 11.3 Å². The maximum atomic E-state index is 11.3. The molecular formula is C10H9ClN2O2S. The second kappa shape index (κ2) is 4.37. The first kappa shape index (κ1) is 11.3. The highest BCUT2D eigenvalue weighted by molar-refractivity contribution is 7.12. The average Bonchev–Trinajstić information content (AvgIpc) is 2.83. The van der Waals surface area contributed by atoms with Crippen molar-refractivity contribution in [1.29, 1.82) is 0 Å². The van der Waals surface area contributed by atoms with E-state index >= 15 is 0 Å². The number of aliphatic hydroxyl groups excluding tert-OH is 1. The van der Waals surface area contributed by atoms with E-state index in [1.54, 1.807) is 29.4 Å². The van der Waals surface area contributed by atoms with Crippen molar-refractivity contribution in [2.45, 2.75) is 0 Å². The molecule has 0 aliphatic rings. The summed E-state index contributed by atoms with van der Waals surface area (Å²) in [5.41, 5.74) is 1.45. The summed E-state index contributed by atoms with van der Waals surface area (Å²) in [6.07, 6.45) is 1.70. The van der Waals surface area contributed by atoms with Crippen molar-refractivity contribution in [2.75, 3.05) is 6.61 Å². The number of nitrogens with zero attached hydrogens (tertiary/aromatic N) is 2. The molecule has 2 aromatic heterocycles.